The van der Waals surface area contributed by atoms with Gasteiger partial charge >= 0.3 is 0 Å². The fourth-order valence-corrected chi connectivity index (χ4v) is 1.83. The molecule has 0 saturated heterocycles. The van der Waals surface area contributed by atoms with Crippen molar-refractivity contribution in [1.82, 2.24) is 14.8 Å². The number of benzene rings is 1. The Kier molecular flexibility index (Phi) is 2.53. The predicted octanol–water partition coefficient (Wildman–Crippen LogP) is 2.52. The van der Waals surface area contributed by atoms with Crippen molar-refractivity contribution in [1.29, 1.82) is 0 Å². The first-order valence-electron chi connectivity index (χ1n) is 5.65. The number of anilines is 1. The van der Waals surface area contributed by atoms with E-state index in [9.17, 15) is 0 Å². The summed E-state index contributed by atoms with van der Waals surface area (Å²) in [7, 11) is 0. The summed E-state index contributed by atoms with van der Waals surface area (Å²) in [6, 6.07) is 13.7. The summed E-state index contributed by atoms with van der Waals surface area (Å²) < 4.78 is 1.78. The van der Waals surface area contributed by atoms with E-state index in [0.717, 1.165) is 16.9 Å². The van der Waals surface area contributed by atoms with E-state index in [1.165, 1.54) is 0 Å². The van der Waals surface area contributed by atoms with Crippen molar-refractivity contribution in [2.75, 3.05) is 5.73 Å². The molecular formula is C14H12N4. The van der Waals surface area contributed by atoms with E-state index in [2.05, 4.69) is 10.1 Å². The van der Waals surface area contributed by atoms with Crippen molar-refractivity contribution in [3.63, 3.8) is 0 Å². The van der Waals surface area contributed by atoms with E-state index in [1.54, 1.807) is 17.1 Å². The van der Waals surface area contributed by atoms with Crippen molar-refractivity contribution < 1.29 is 0 Å². The summed E-state index contributed by atoms with van der Waals surface area (Å²) >= 11 is 0. The van der Waals surface area contributed by atoms with Crippen LogP contribution in [0.25, 0.3) is 16.9 Å². The molecule has 0 bridgehead atoms. The van der Waals surface area contributed by atoms with E-state index in [1.807, 2.05) is 48.7 Å². The lowest BCUT2D eigenvalue weighted by Crippen LogP contribution is -1.93. The Morgan fingerprint density at radius 3 is 2.39 bits per heavy atom. The molecule has 0 fully saturated rings. The van der Waals surface area contributed by atoms with Gasteiger partial charge in [-0.15, -0.1) is 0 Å². The van der Waals surface area contributed by atoms with Crippen molar-refractivity contribution in [3.05, 3.63) is 61.1 Å². The van der Waals surface area contributed by atoms with Crippen molar-refractivity contribution in [2.45, 2.75) is 0 Å². The third-order valence-electron chi connectivity index (χ3n) is 2.72. The molecule has 3 aromatic rings. The Hall–Kier alpha value is -2.62. The van der Waals surface area contributed by atoms with E-state index in [-0.39, 0.29) is 0 Å². The molecule has 4 nitrogen and oxygen atoms in total. The molecule has 0 aliphatic heterocycles. The van der Waals surface area contributed by atoms with Gasteiger partial charge in [-0.3, -0.25) is 4.98 Å². The number of nitrogen functional groups attached to an aromatic ring is 1. The van der Waals surface area contributed by atoms with E-state index < -0.39 is 0 Å². The third kappa shape index (κ3) is 1.84. The number of para-hydroxylation sites is 1. The molecule has 0 radical (unpaired) electrons. The van der Waals surface area contributed by atoms with Crippen molar-refractivity contribution in [3.8, 4) is 16.9 Å². The Morgan fingerprint density at radius 2 is 1.67 bits per heavy atom. The second-order valence-electron chi connectivity index (χ2n) is 3.95. The number of hydrogen-bond donors (Lipinski definition) is 1. The highest BCUT2D eigenvalue weighted by Crippen LogP contribution is 2.24. The smallest absolute Gasteiger partial charge is 0.116 e. The van der Waals surface area contributed by atoms with Gasteiger partial charge in [0.25, 0.3) is 0 Å². The minimum atomic E-state index is 0.657. The molecule has 0 aliphatic rings. The number of hydrogen-bond acceptors (Lipinski definition) is 3. The molecule has 2 aromatic heterocycles. The summed E-state index contributed by atoms with van der Waals surface area (Å²) in [6.45, 7) is 0. The van der Waals surface area contributed by atoms with Crippen LogP contribution in [0.3, 0.4) is 0 Å². The summed E-state index contributed by atoms with van der Waals surface area (Å²) in [5, 5.41) is 4.51. The fourth-order valence-electron chi connectivity index (χ4n) is 1.83. The Bertz CT molecular complexity index is 644. The molecular weight excluding hydrogens is 224 g/mol. The lowest BCUT2D eigenvalue weighted by Gasteiger charge is -1.99. The predicted molar refractivity (Wildman–Crippen MR) is 71.2 cm³/mol. The molecule has 0 saturated carbocycles. The van der Waals surface area contributed by atoms with Gasteiger partial charge in [0.05, 0.1) is 17.6 Å². The normalized spacial score (nSPS) is 10.4. The van der Waals surface area contributed by atoms with Gasteiger partial charge in [-0.25, -0.2) is 4.68 Å². The van der Waals surface area contributed by atoms with Crippen LogP contribution >= 0.6 is 0 Å². The lowest BCUT2D eigenvalue weighted by atomic mass is 10.2. The number of rotatable bonds is 2. The highest BCUT2D eigenvalue weighted by Gasteiger charge is 2.08. The third-order valence-corrected chi connectivity index (χ3v) is 2.72. The van der Waals surface area contributed by atoms with Crippen molar-refractivity contribution in [2.24, 2.45) is 0 Å². The minimum Gasteiger partial charge on any atom is -0.396 e. The molecule has 4 heteroatoms. The quantitative estimate of drug-likeness (QED) is 0.743. The molecule has 0 unspecified atom stereocenters. The lowest BCUT2D eigenvalue weighted by molar-refractivity contribution is 0.884. The van der Waals surface area contributed by atoms with Crippen LogP contribution in [0.5, 0.6) is 0 Å². The van der Waals surface area contributed by atoms with Crippen LogP contribution in [-0.2, 0) is 0 Å². The van der Waals surface area contributed by atoms with Crippen LogP contribution in [-0.4, -0.2) is 14.8 Å². The maximum absolute atomic E-state index is 6.01. The van der Waals surface area contributed by atoms with Crippen LogP contribution in [0, 0.1) is 0 Å². The standard InChI is InChI=1S/C14H12N4/c15-13-10-18(12-4-2-1-3-5-12)17-14(13)11-6-8-16-9-7-11/h1-10H,15H2. The molecule has 0 amide bonds. The zero-order chi connectivity index (χ0) is 12.4. The number of nitrogens with two attached hydrogens (primary N) is 1. The Morgan fingerprint density at radius 1 is 0.944 bits per heavy atom. The highest BCUT2D eigenvalue weighted by atomic mass is 15.3. The zero-order valence-electron chi connectivity index (χ0n) is 9.69. The minimum absolute atomic E-state index is 0.657. The summed E-state index contributed by atoms with van der Waals surface area (Å²) in [4.78, 5) is 3.99. The maximum Gasteiger partial charge on any atom is 0.116 e. The number of nitrogens with zero attached hydrogens (tertiary/aromatic N) is 3. The second-order valence-corrected chi connectivity index (χ2v) is 3.95. The monoisotopic (exact) mass is 236 g/mol. The summed E-state index contributed by atoms with van der Waals surface area (Å²) in [6.07, 6.45) is 5.29. The summed E-state index contributed by atoms with van der Waals surface area (Å²) in [5.74, 6) is 0. The van der Waals surface area contributed by atoms with Gasteiger partial charge in [0.2, 0.25) is 0 Å². The Labute approximate surface area is 105 Å². The molecule has 0 aliphatic carbocycles. The molecule has 0 atom stereocenters. The summed E-state index contributed by atoms with van der Waals surface area (Å²) in [5.41, 5.74) is 9.40. The second kappa shape index (κ2) is 4.33. The zero-order valence-corrected chi connectivity index (χ0v) is 9.69. The van der Waals surface area contributed by atoms with Crippen LogP contribution in [0.15, 0.2) is 61.1 Å². The van der Waals surface area contributed by atoms with Gasteiger partial charge in [-0.05, 0) is 24.3 Å². The molecule has 3 rings (SSSR count). The van der Waals surface area contributed by atoms with Gasteiger partial charge in [-0.1, -0.05) is 18.2 Å². The van der Waals surface area contributed by atoms with Gasteiger partial charge in [0.15, 0.2) is 0 Å². The van der Waals surface area contributed by atoms with Crippen LogP contribution < -0.4 is 5.73 Å². The van der Waals surface area contributed by atoms with E-state index in [0.29, 0.717) is 5.69 Å². The Balaban J connectivity index is 2.07. The average Bonchev–Trinajstić information content (AvgIpc) is 2.83. The van der Waals surface area contributed by atoms with Crippen LogP contribution in [0.2, 0.25) is 0 Å². The SMILES string of the molecule is Nc1cn(-c2ccccc2)nc1-c1ccncc1. The molecule has 18 heavy (non-hydrogen) atoms. The average molecular weight is 236 g/mol. The highest BCUT2D eigenvalue weighted by molar-refractivity contribution is 5.72. The largest absolute Gasteiger partial charge is 0.396 e. The topological polar surface area (TPSA) is 56.7 Å². The molecule has 2 heterocycles. The molecule has 2 N–H and O–H groups in total. The first-order valence-corrected chi connectivity index (χ1v) is 5.65. The molecule has 88 valence electrons. The molecule has 1 aromatic carbocycles. The number of aromatic nitrogens is 3. The van der Waals surface area contributed by atoms with Crippen molar-refractivity contribution >= 4 is 5.69 Å². The van der Waals surface area contributed by atoms with Crippen LogP contribution in [0.4, 0.5) is 5.69 Å². The van der Waals surface area contributed by atoms with E-state index >= 15 is 0 Å². The first kappa shape index (κ1) is 10.5. The maximum atomic E-state index is 6.01. The van der Waals surface area contributed by atoms with Gasteiger partial charge in [0.1, 0.15) is 5.69 Å². The van der Waals surface area contributed by atoms with Gasteiger partial charge in [0, 0.05) is 18.0 Å². The van der Waals surface area contributed by atoms with Gasteiger partial charge < -0.3 is 5.73 Å². The molecule has 0 spiro atoms. The van der Waals surface area contributed by atoms with E-state index in [4.69, 9.17) is 5.73 Å². The first-order chi connectivity index (χ1) is 8.84. The van der Waals surface area contributed by atoms with Gasteiger partial charge in [-0.2, -0.15) is 5.10 Å². The fraction of sp³-hybridized carbons (Fsp3) is 0. The number of pyridine rings is 1. The van der Waals surface area contributed by atoms with Crippen LogP contribution in [0.1, 0.15) is 0 Å².